The van der Waals surface area contributed by atoms with E-state index in [1.807, 2.05) is 20.8 Å². The van der Waals surface area contributed by atoms with Crippen LogP contribution < -0.4 is 16.0 Å². The van der Waals surface area contributed by atoms with Crippen LogP contribution in [0.2, 0.25) is 10.0 Å². The highest BCUT2D eigenvalue weighted by Crippen LogP contribution is 2.57. The summed E-state index contributed by atoms with van der Waals surface area (Å²) >= 11 is 12.3. The predicted molar refractivity (Wildman–Crippen MR) is 159 cm³/mol. The van der Waals surface area contributed by atoms with Crippen molar-refractivity contribution in [2.24, 2.45) is 5.41 Å². The summed E-state index contributed by atoms with van der Waals surface area (Å²) in [5.74, 6) is -3.15. The summed E-state index contributed by atoms with van der Waals surface area (Å²) < 4.78 is 30.8. The highest BCUT2D eigenvalue weighted by molar-refractivity contribution is 6.31. The Bertz CT molecular complexity index is 1330. The molecule has 0 radical (unpaired) electrons. The lowest BCUT2D eigenvalue weighted by Gasteiger charge is -2.37. The van der Waals surface area contributed by atoms with Gasteiger partial charge < -0.3 is 20.9 Å². The van der Waals surface area contributed by atoms with Crippen LogP contribution in [0, 0.1) is 17.0 Å². The Kier molecular flexibility index (Phi) is 8.68. The zero-order valence-electron chi connectivity index (χ0n) is 23.8. The van der Waals surface area contributed by atoms with E-state index in [2.05, 4.69) is 20.9 Å². The van der Waals surface area contributed by atoms with Crippen LogP contribution >= 0.6 is 23.2 Å². The molecule has 2 aromatic carbocycles. The molecular formula is C31H38Cl2F2N4O2. The molecule has 0 aliphatic carbocycles. The maximum absolute atomic E-state index is 15.8. The molecule has 2 aromatic rings. The first-order chi connectivity index (χ1) is 19.4. The van der Waals surface area contributed by atoms with Gasteiger partial charge in [-0.2, -0.15) is 0 Å². The molecule has 3 aliphatic heterocycles. The average molecular weight is 608 g/mol. The number of nitrogens with zero attached hydrogens (tertiary/aromatic N) is 1. The molecule has 0 bridgehead atoms. The Morgan fingerprint density at radius 3 is 2.56 bits per heavy atom. The Balaban J connectivity index is 1.54. The van der Waals surface area contributed by atoms with Crippen molar-refractivity contribution in [2.75, 3.05) is 31.5 Å². The summed E-state index contributed by atoms with van der Waals surface area (Å²) in [4.78, 5) is 30.4. The van der Waals surface area contributed by atoms with E-state index in [0.29, 0.717) is 24.2 Å². The smallest absolute Gasteiger partial charge is 0.237 e. The van der Waals surface area contributed by atoms with Crippen molar-refractivity contribution in [3.05, 3.63) is 63.1 Å². The largest absolute Gasteiger partial charge is 0.355 e. The fraction of sp³-hybridized carbons (Fsp3) is 0.548. The SMILES string of the molecule is CC(C)(C)CC1NC(C(=O)NCCCCN2CCCC2)C(c2cccc(Cl)c2F)C12C(=O)Nc1cc(Cl)c(F)cc12. The molecule has 222 valence electrons. The normalized spacial score (nSPS) is 26.0. The van der Waals surface area contributed by atoms with Crippen LogP contribution in [0.4, 0.5) is 14.5 Å². The minimum Gasteiger partial charge on any atom is -0.355 e. The van der Waals surface area contributed by atoms with Gasteiger partial charge in [0.2, 0.25) is 11.8 Å². The van der Waals surface area contributed by atoms with Crippen molar-refractivity contribution in [1.82, 2.24) is 15.5 Å². The van der Waals surface area contributed by atoms with Crippen LogP contribution in [0.15, 0.2) is 30.3 Å². The maximum atomic E-state index is 15.8. The topological polar surface area (TPSA) is 73.5 Å². The molecule has 2 saturated heterocycles. The van der Waals surface area contributed by atoms with Crippen molar-refractivity contribution < 1.29 is 18.4 Å². The molecule has 3 N–H and O–H groups in total. The molecule has 3 heterocycles. The Labute approximate surface area is 250 Å². The lowest BCUT2D eigenvalue weighted by Crippen LogP contribution is -2.49. The second kappa shape index (κ2) is 11.8. The van der Waals surface area contributed by atoms with Gasteiger partial charge in [-0.15, -0.1) is 0 Å². The number of fused-ring (bicyclic) bond motifs is 2. The molecule has 4 unspecified atom stereocenters. The molecule has 3 aliphatic rings. The van der Waals surface area contributed by atoms with E-state index in [9.17, 15) is 9.59 Å². The zero-order valence-corrected chi connectivity index (χ0v) is 25.3. The van der Waals surface area contributed by atoms with Gasteiger partial charge in [-0.05, 0) is 86.5 Å². The summed E-state index contributed by atoms with van der Waals surface area (Å²) in [5, 5.41) is 9.08. The molecule has 2 amide bonds. The average Bonchev–Trinajstić information content (AvgIpc) is 3.59. The molecule has 0 aromatic heterocycles. The summed E-state index contributed by atoms with van der Waals surface area (Å²) in [6.07, 6.45) is 4.68. The van der Waals surface area contributed by atoms with E-state index in [1.54, 1.807) is 12.1 Å². The van der Waals surface area contributed by atoms with E-state index >= 15 is 8.78 Å². The first-order valence-corrected chi connectivity index (χ1v) is 15.2. The molecule has 41 heavy (non-hydrogen) atoms. The quantitative estimate of drug-likeness (QED) is 0.322. The Hall–Kier alpha value is -2.26. The number of hydrogen-bond donors (Lipinski definition) is 3. The maximum Gasteiger partial charge on any atom is 0.237 e. The van der Waals surface area contributed by atoms with Crippen LogP contribution in [0.3, 0.4) is 0 Å². The van der Waals surface area contributed by atoms with Gasteiger partial charge in [-0.3, -0.25) is 9.59 Å². The van der Waals surface area contributed by atoms with Gasteiger partial charge in [0.15, 0.2) is 0 Å². The molecular weight excluding hydrogens is 569 g/mol. The highest BCUT2D eigenvalue weighted by atomic mass is 35.5. The standard InChI is InChI=1S/C31H38Cl2F2N4O2/c1-30(2,3)17-24-31(19-15-22(34)21(33)16-23(19)37-29(31)41)25(18-9-8-10-20(32)26(18)35)27(38-24)28(40)36-11-4-5-12-39-13-6-7-14-39/h8-10,15-16,24-25,27,38H,4-7,11-14,17H2,1-3H3,(H,36,40)(H,37,41). The van der Waals surface area contributed by atoms with Gasteiger partial charge in [0.05, 0.1) is 16.1 Å². The molecule has 5 rings (SSSR count). The van der Waals surface area contributed by atoms with Crippen molar-refractivity contribution in [1.29, 1.82) is 0 Å². The highest BCUT2D eigenvalue weighted by Gasteiger charge is 2.66. The van der Waals surface area contributed by atoms with Gasteiger partial charge in [-0.1, -0.05) is 56.1 Å². The number of halogens is 4. The minimum absolute atomic E-state index is 0.112. The van der Waals surface area contributed by atoms with E-state index in [1.165, 1.54) is 31.0 Å². The van der Waals surface area contributed by atoms with Crippen LogP contribution in [0.25, 0.3) is 0 Å². The number of rotatable bonds is 8. The van der Waals surface area contributed by atoms with E-state index in [-0.39, 0.29) is 26.9 Å². The lowest BCUT2D eigenvalue weighted by molar-refractivity contribution is -0.123. The molecule has 0 saturated carbocycles. The molecule has 4 atom stereocenters. The molecule has 1 spiro atoms. The molecule has 10 heteroatoms. The van der Waals surface area contributed by atoms with Crippen molar-refractivity contribution in [3.8, 4) is 0 Å². The van der Waals surface area contributed by atoms with Gasteiger partial charge in [0.25, 0.3) is 0 Å². The fourth-order valence-corrected chi connectivity index (χ4v) is 7.30. The van der Waals surface area contributed by atoms with E-state index in [4.69, 9.17) is 23.2 Å². The van der Waals surface area contributed by atoms with Crippen LogP contribution in [0.5, 0.6) is 0 Å². The van der Waals surface area contributed by atoms with Crippen molar-refractivity contribution >= 4 is 40.7 Å². The fourth-order valence-electron chi connectivity index (χ4n) is 6.95. The van der Waals surface area contributed by atoms with Crippen molar-refractivity contribution in [2.45, 2.75) is 76.3 Å². The number of amides is 2. The predicted octanol–water partition coefficient (Wildman–Crippen LogP) is 6.01. The van der Waals surface area contributed by atoms with Gasteiger partial charge in [-0.25, -0.2) is 8.78 Å². The third kappa shape index (κ3) is 5.73. The van der Waals surface area contributed by atoms with Crippen LogP contribution in [-0.2, 0) is 15.0 Å². The van der Waals surface area contributed by atoms with Gasteiger partial charge in [0.1, 0.15) is 17.0 Å². The van der Waals surface area contributed by atoms with Gasteiger partial charge >= 0.3 is 0 Å². The van der Waals surface area contributed by atoms with Crippen LogP contribution in [-0.4, -0.2) is 55.0 Å². The number of nitrogens with one attached hydrogen (secondary N) is 3. The molecule has 2 fully saturated rings. The third-order valence-corrected chi connectivity index (χ3v) is 9.28. The third-order valence-electron chi connectivity index (χ3n) is 8.70. The van der Waals surface area contributed by atoms with E-state index < -0.39 is 41.0 Å². The number of hydrogen-bond acceptors (Lipinski definition) is 4. The minimum atomic E-state index is -1.49. The number of benzene rings is 2. The lowest BCUT2D eigenvalue weighted by atomic mass is 9.62. The van der Waals surface area contributed by atoms with Crippen molar-refractivity contribution in [3.63, 3.8) is 0 Å². The number of unbranched alkanes of at least 4 members (excludes halogenated alkanes) is 1. The number of likely N-dealkylation sites (tertiary alicyclic amines) is 1. The van der Waals surface area contributed by atoms with Gasteiger partial charge in [0, 0.05) is 24.2 Å². The second-order valence-corrected chi connectivity index (χ2v) is 13.6. The summed E-state index contributed by atoms with van der Waals surface area (Å²) in [7, 11) is 0. The zero-order chi connectivity index (χ0) is 29.5. The molecule has 6 nitrogen and oxygen atoms in total. The number of carbonyl (C=O) groups excluding carboxylic acids is 2. The number of anilines is 1. The Morgan fingerprint density at radius 2 is 1.85 bits per heavy atom. The summed E-state index contributed by atoms with van der Waals surface area (Å²) in [6, 6.07) is 5.65. The Morgan fingerprint density at radius 1 is 1.12 bits per heavy atom. The first-order valence-electron chi connectivity index (χ1n) is 14.4. The van der Waals surface area contributed by atoms with E-state index in [0.717, 1.165) is 32.5 Å². The monoisotopic (exact) mass is 606 g/mol. The summed E-state index contributed by atoms with van der Waals surface area (Å²) in [6.45, 7) is 9.79. The number of carbonyl (C=O) groups is 2. The first kappa shape index (κ1) is 30.2. The second-order valence-electron chi connectivity index (χ2n) is 12.8. The van der Waals surface area contributed by atoms with Crippen LogP contribution in [0.1, 0.15) is 69.9 Å². The summed E-state index contributed by atoms with van der Waals surface area (Å²) in [5.41, 5.74) is -0.920.